The molecule has 3 atom stereocenters. The standard InChI is InChI=1S/C26H39F3N4O6/c1-5-13-30-22(36)20(34)17(15-26(27,28)29)31-21(35)18-12-9-14-33(18)23(37)19(16-10-7-6-8-11-16)32-24(38)39-25(2,3)4/h5,16-19H,1,6-15H2,2-4H3,(H,30,36)(H,31,35)(H,32,38)/t17?,18-,19-/m0/s1. The lowest BCUT2D eigenvalue weighted by Gasteiger charge is -2.35. The van der Waals surface area contributed by atoms with Gasteiger partial charge in [-0.1, -0.05) is 25.3 Å². The third-order valence-electron chi connectivity index (χ3n) is 6.60. The normalized spacial score (nSPS) is 19.9. The summed E-state index contributed by atoms with van der Waals surface area (Å²) in [7, 11) is 0. The van der Waals surface area contributed by atoms with Crippen molar-refractivity contribution in [1.29, 1.82) is 0 Å². The Morgan fingerprint density at radius 3 is 2.21 bits per heavy atom. The maximum atomic E-state index is 13.7. The van der Waals surface area contributed by atoms with Crippen LogP contribution in [0.4, 0.5) is 18.0 Å². The summed E-state index contributed by atoms with van der Waals surface area (Å²) >= 11 is 0. The molecule has 10 nitrogen and oxygen atoms in total. The maximum absolute atomic E-state index is 13.7. The van der Waals surface area contributed by atoms with Crippen molar-refractivity contribution in [1.82, 2.24) is 20.9 Å². The molecule has 1 saturated carbocycles. The number of nitrogens with zero attached hydrogens (tertiary/aromatic N) is 1. The fourth-order valence-corrected chi connectivity index (χ4v) is 4.88. The summed E-state index contributed by atoms with van der Waals surface area (Å²) in [6.45, 7) is 8.41. The Kier molecular flexibility index (Phi) is 11.3. The molecule has 39 heavy (non-hydrogen) atoms. The Labute approximate surface area is 226 Å². The summed E-state index contributed by atoms with van der Waals surface area (Å²) < 4.78 is 44.9. The third-order valence-corrected chi connectivity index (χ3v) is 6.60. The molecule has 3 N–H and O–H groups in total. The first-order valence-electron chi connectivity index (χ1n) is 13.2. The van der Waals surface area contributed by atoms with Crippen LogP contribution in [0.1, 0.15) is 72.1 Å². The van der Waals surface area contributed by atoms with Gasteiger partial charge < -0.3 is 25.6 Å². The lowest BCUT2D eigenvalue weighted by Crippen LogP contribution is -2.58. The van der Waals surface area contributed by atoms with E-state index in [4.69, 9.17) is 4.74 Å². The summed E-state index contributed by atoms with van der Waals surface area (Å²) in [6.07, 6.45) is -1.50. The molecule has 1 saturated heterocycles. The minimum absolute atomic E-state index is 0.143. The Balaban J connectivity index is 2.22. The van der Waals surface area contributed by atoms with Crippen molar-refractivity contribution in [2.75, 3.05) is 13.1 Å². The Morgan fingerprint density at radius 1 is 1.00 bits per heavy atom. The van der Waals surface area contributed by atoms with Crippen molar-refractivity contribution >= 4 is 29.6 Å². The lowest BCUT2D eigenvalue weighted by atomic mass is 9.83. The first-order valence-corrected chi connectivity index (χ1v) is 13.2. The summed E-state index contributed by atoms with van der Waals surface area (Å²) in [5.74, 6) is -4.45. The highest BCUT2D eigenvalue weighted by Gasteiger charge is 2.44. The van der Waals surface area contributed by atoms with Gasteiger partial charge in [-0.2, -0.15) is 13.2 Å². The fourth-order valence-electron chi connectivity index (χ4n) is 4.88. The Bertz CT molecular complexity index is 928. The number of amides is 4. The van der Waals surface area contributed by atoms with E-state index in [1.165, 1.54) is 11.0 Å². The zero-order valence-corrected chi connectivity index (χ0v) is 22.7. The van der Waals surface area contributed by atoms with Gasteiger partial charge in [0, 0.05) is 13.1 Å². The molecular formula is C26H39F3N4O6. The van der Waals surface area contributed by atoms with Crippen molar-refractivity contribution in [3.63, 3.8) is 0 Å². The van der Waals surface area contributed by atoms with Gasteiger partial charge in [0.15, 0.2) is 0 Å². The minimum atomic E-state index is -4.85. The van der Waals surface area contributed by atoms with Crippen LogP contribution in [0.2, 0.25) is 0 Å². The topological polar surface area (TPSA) is 134 Å². The molecule has 1 aliphatic carbocycles. The van der Waals surface area contributed by atoms with E-state index >= 15 is 0 Å². The number of carbonyl (C=O) groups excluding carboxylic acids is 5. The average Bonchev–Trinajstić information content (AvgIpc) is 3.33. The number of likely N-dealkylation sites (tertiary alicyclic amines) is 1. The molecule has 0 bridgehead atoms. The highest BCUT2D eigenvalue weighted by molar-refractivity contribution is 6.38. The van der Waals surface area contributed by atoms with E-state index in [1.807, 2.05) is 5.32 Å². The molecule has 1 aliphatic heterocycles. The summed E-state index contributed by atoms with van der Waals surface area (Å²) in [5.41, 5.74) is -0.807. The molecule has 0 spiro atoms. The van der Waals surface area contributed by atoms with E-state index in [0.29, 0.717) is 19.3 Å². The predicted octanol–water partition coefficient (Wildman–Crippen LogP) is 2.76. The number of alkyl carbamates (subject to hydrolysis) is 1. The molecule has 0 aromatic carbocycles. The van der Waals surface area contributed by atoms with Gasteiger partial charge in [-0.3, -0.25) is 19.2 Å². The van der Waals surface area contributed by atoms with Crippen LogP contribution in [0.25, 0.3) is 0 Å². The lowest BCUT2D eigenvalue weighted by molar-refractivity contribution is -0.155. The van der Waals surface area contributed by atoms with E-state index < -0.39 is 65.9 Å². The van der Waals surface area contributed by atoms with Gasteiger partial charge >= 0.3 is 12.3 Å². The second-order valence-corrected chi connectivity index (χ2v) is 11.0. The van der Waals surface area contributed by atoms with E-state index in [-0.39, 0.29) is 25.4 Å². The van der Waals surface area contributed by atoms with Gasteiger partial charge in [-0.05, 0) is 52.4 Å². The molecule has 1 unspecified atom stereocenters. The average molecular weight is 561 g/mol. The molecule has 4 amide bonds. The van der Waals surface area contributed by atoms with Crippen LogP contribution in [-0.2, 0) is 23.9 Å². The van der Waals surface area contributed by atoms with Crippen molar-refractivity contribution in [3.05, 3.63) is 12.7 Å². The number of ketones is 1. The van der Waals surface area contributed by atoms with Gasteiger partial charge in [0.2, 0.25) is 17.6 Å². The van der Waals surface area contributed by atoms with Crippen LogP contribution in [0.15, 0.2) is 12.7 Å². The summed E-state index contributed by atoms with van der Waals surface area (Å²) in [6, 6.07) is -4.30. The van der Waals surface area contributed by atoms with Crippen LogP contribution in [0, 0.1) is 5.92 Å². The molecule has 2 aliphatic rings. The van der Waals surface area contributed by atoms with Gasteiger partial charge in [0.05, 0.1) is 6.42 Å². The highest BCUT2D eigenvalue weighted by Crippen LogP contribution is 2.30. The second kappa shape index (κ2) is 13.8. The zero-order valence-electron chi connectivity index (χ0n) is 22.7. The molecule has 0 aromatic heterocycles. The molecule has 1 heterocycles. The summed E-state index contributed by atoms with van der Waals surface area (Å²) in [4.78, 5) is 65.1. The van der Waals surface area contributed by atoms with Crippen LogP contribution in [-0.4, -0.2) is 77.5 Å². The van der Waals surface area contributed by atoms with Gasteiger partial charge in [0.25, 0.3) is 5.91 Å². The van der Waals surface area contributed by atoms with Crippen molar-refractivity contribution < 1.29 is 41.9 Å². The molecular weight excluding hydrogens is 521 g/mol. The largest absolute Gasteiger partial charge is 0.444 e. The number of hydrogen-bond acceptors (Lipinski definition) is 6. The van der Waals surface area contributed by atoms with E-state index in [1.54, 1.807) is 20.8 Å². The first-order chi connectivity index (χ1) is 18.1. The molecule has 0 radical (unpaired) electrons. The number of Topliss-reactive ketones (excluding diaryl/α,β-unsaturated/α-hetero) is 1. The van der Waals surface area contributed by atoms with Crippen LogP contribution in [0.3, 0.4) is 0 Å². The van der Waals surface area contributed by atoms with Gasteiger partial charge in [0.1, 0.15) is 23.7 Å². The van der Waals surface area contributed by atoms with Crippen molar-refractivity contribution in [2.24, 2.45) is 5.92 Å². The number of carbonyl (C=O) groups is 5. The summed E-state index contributed by atoms with van der Waals surface area (Å²) in [5, 5.41) is 6.81. The van der Waals surface area contributed by atoms with Crippen molar-refractivity contribution in [3.8, 4) is 0 Å². The first kappa shape index (κ1) is 32.1. The minimum Gasteiger partial charge on any atom is -0.444 e. The van der Waals surface area contributed by atoms with Crippen LogP contribution >= 0.6 is 0 Å². The molecule has 0 aromatic rings. The predicted molar refractivity (Wildman–Crippen MR) is 135 cm³/mol. The number of halogens is 3. The van der Waals surface area contributed by atoms with Crippen molar-refractivity contribution in [2.45, 2.75) is 102 Å². The molecule has 13 heteroatoms. The van der Waals surface area contributed by atoms with E-state index in [2.05, 4.69) is 17.2 Å². The van der Waals surface area contributed by atoms with Crippen LogP contribution < -0.4 is 16.0 Å². The highest BCUT2D eigenvalue weighted by atomic mass is 19.4. The van der Waals surface area contributed by atoms with Gasteiger partial charge in [-0.15, -0.1) is 6.58 Å². The zero-order chi connectivity index (χ0) is 29.4. The molecule has 2 rings (SSSR count). The smallest absolute Gasteiger partial charge is 0.408 e. The number of nitrogens with one attached hydrogen (secondary N) is 3. The number of ether oxygens (including phenoxy) is 1. The third kappa shape index (κ3) is 10.2. The molecule has 2 fully saturated rings. The second-order valence-electron chi connectivity index (χ2n) is 11.0. The monoisotopic (exact) mass is 560 g/mol. The Morgan fingerprint density at radius 2 is 1.64 bits per heavy atom. The number of hydrogen-bond donors (Lipinski definition) is 3. The Hall–Kier alpha value is -3.12. The SMILES string of the molecule is C=CCNC(=O)C(=O)C(CC(F)(F)F)NC(=O)[C@@H]1CCCN1C(=O)[C@@H](NC(=O)OC(C)(C)C)C1CCCCC1. The van der Waals surface area contributed by atoms with Gasteiger partial charge in [-0.25, -0.2) is 4.79 Å². The number of rotatable bonds is 10. The van der Waals surface area contributed by atoms with E-state index in [0.717, 1.165) is 19.3 Å². The number of alkyl halides is 3. The quantitative estimate of drug-likeness (QED) is 0.278. The molecule has 220 valence electrons. The van der Waals surface area contributed by atoms with E-state index in [9.17, 15) is 37.1 Å². The maximum Gasteiger partial charge on any atom is 0.408 e. The fraction of sp³-hybridized carbons (Fsp3) is 0.731. The van der Waals surface area contributed by atoms with Crippen LogP contribution in [0.5, 0.6) is 0 Å².